The van der Waals surface area contributed by atoms with Gasteiger partial charge in [0.25, 0.3) is 0 Å². The second kappa shape index (κ2) is 9.88. The van der Waals surface area contributed by atoms with Crippen LogP contribution in [0, 0.1) is 6.92 Å². The molecule has 2 fully saturated rings. The summed E-state index contributed by atoms with van der Waals surface area (Å²) in [5.74, 6) is 2.01. The Hall–Kier alpha value is -3.70. The fourth-order valence-corrected chi connectivity index (χ4v) is 7.10. The van der Waals surface area contributed by atoms with Gasteiger partial charge in [0.1, 0.15) is 5.82 Å². The minimum atomic E-state index is 0.658. The van der Waals surface area contributed by atoms with E-state index in [0.717, 1.165) is 31.2 Å². The van der Waals surface area contributed by atoms with Crippen LogP contribution < -0.4 is 4.90 Å². The highest BCUT2D eigenvalue weighted by atomic mass is 15.3. The van der Waals surface area contributed by atoms with E-state index in [1.807, 2.05) is 6.92 Å². The van der Waals surface area contributed by atoms with Crippen molar-refractivity contribution >= 4 is 11.3 Å². The smallest absolute Gasteiger partial charge is 0.157 e. The van der Waals surface area contributed by atoms with Crippen LogP contribution in [0.5, 0.6) is 0 Å². The maximum Gasteiger partial charge on any atom is 0.157 e. The van der Waals surface area contributed by atoms with Crippen molar-refractivity contribution < 1.29 is 0 Å². The van der Waals surface area contributed by atoms with Crippen molar-refractivity contribution in [2.45, 2.75) is 57.7 Å². The number of para-hydroxylation sites is 2. The van der Waals surface area contributed by atoms with Gasteiger partial charge in [0.2, 0.25) is 0 Å². The van der Waals surface area contributed by atoms with E-state index in [4.69, 9.17) is 0 Å². The van der Waals surface area contributed by atoms with E-state index < -0.39 is 0 Å². The molecule has 3 aliphatic heterocycles. The third-order valence-electron chi connectivity index (χ3n) is 8.75. The predicted octanol–water partition coefficient (Wildman–Crippen LogP) is 6.41. The molecule has 0 N–H and O–H groups in total. The molecule has 0 spiro atoms. The second-order valence-corrected chi connectivity index (χ2v) is 11.0. The molecule has 2 unspecified atom stereocenters. The lowest BCUT2D eigenvalue weighted by Gasteiger charge is -2.38. The summed E-state index contributed by atoms with van der Waals surface area (Å²) in [6, 6.07) is 32.1. The predicted molar refractivity (Wildman–Crippen MR) is 153 cm³/mol. The Kier molecular flexibility index (Phi) is 6.09. The molecule has 5 nitrogen and oxygen atoms in total. The van der Waals surface area contributed by atoms with E-state index in [1.54, 1.807) is 5.57 Å². The van der Waals surface area contributed by atoms with Crippen molar-refractivity contribution in [3.63, 3.8) is 0 Å². The minimum absolute atomic E-state index is 0.658. The van der Waals surface area contributed by atoms with E-state index in [1.165, 1.54) is 60.3 Å². The molecule has 3 aromatic carbocycles. The summed E-state index contributed by atoms with van der Waals surface area (Å²) in [6.07, 6.45) is 6.17. The molecule has 7 rings (SSSR count). The summed E-state index contributed by atoms with van der Waals surface area (Å²) in [5, 5.41) is 8.82. The number of hydrogen-bond donors (Lipinski definition) is 0. The van der Waals surface area contributed by atoms with Crippen LogP contribution in [0.25, 0.3) is 11.3 Å². The fraction of sp³-hybridized carbons (Fsp3) is 0.333. The van der Waals surface area contributed by atoms with Gasteiger partial charge in [-0.25, -0.2) is 0 Å². The molecule has 38 heavy (non-hydrogen) atoms. The maximum absolute atomic E-state index is 4.47. The van der Waals surface area contributed by atoms with Gasteiger partial charge in [-0.1, -0.05) is 78.4 Å². The Bertz CT molecular complexity index is 1400. The van der Waals surface area contributed by atoms with Gasteiger partial charge >= 0.3 is 0 Å². The zero-order valence-corrected chi connectivity index (χ0v) is 22.1. The van der Waals surface area contributed by atoms with E-state index in [2.05, 4.69) is 109 Å². The van der Waals surface area contributed by atoms with E-state index in [9.17, 15) is 0 Å². The van der Waals surface area contributed by atoms with Crippen LogP contribution in [0.4, 0.5) is 5.69 Å². The number of piperidine rings is 1. The van der Waals surface area contributed by atoms with Crippen LogP contribution in [0.3, 0.4) is 0 Å². The Morgan fingerprint density at radius 3 is 2.00 bits per heavy atom. The first-order chi connectivity index (χ1) is 18.8. The van der Waals surface area contributed by atoms with E-state index in [-0.39, 0.29) is 0 Å². The van der Waals surface area contributed by atoms with Crippen LogP contribution in [0.2, 0.25) is 0 Å². The van der Waals surface area contributed by atoms with Gasteiger partial charge in [-0.2, -0.15) is 0 Å². The monoisotopic (exact) mass is 501 g/mol. The van der Waals surface area contributed by atoms with Gasteiger partial charge in [-0.15, -0.1) is 10.2 Å². The van der Waals surface area contributed by atoms with Gasteiger partial charge in [0, 0.05) is 25.2 Å². The third kappa shape index (κ3) is 4.15. The summed E-state index contributed by atoms with van der Waals surface area (Å²) < 4.78 is 2.21. The molecule has 2 bridgehead atoms. The lowest BCUT2D eigenvalue weighted by Crippen LogP contribution is -2.42. The van der Waals surface area contributed by atoms with Crippen molar-refractivity contribution in [1.29, 1.82) is 0 Å². The number of anilines is 1. The first-order valence-electron chi connectivity index (χ1n) is 14.1. The molecule has 2 saturated heterocycles. The maximum atomic E-state index is 4.47. The summed E-state index contributed by atoms with van der Waals surface area (Å²) in [4.78, 5) is 5.33. The summed E-state index contributed by atoms with van der Waals surface area (Å²) in [5.41, 5.74) is 8.32. The van der Waals surface area contributed by atoms with Crippen molar-refractivity contribution in [3.8, 4) is 5.69 Å². The summed E-state index contributed by atoms with van der Waals surface area (Å²) in [6.45, 7) is 5.08. The molecule has 3 aliphatic rings. The lowest BCUT2D eigenvalue weighted by atomic mass is 9.85. The number of benzene rings is 3. The van der Waals surface area contributed by atoms with Gasteiger partial charge in [-0.3, -0.25) is 9.47 Å². The number of rotatable bonds is 6. The van der Waals surface area contributed by atoms with Crippen LogP contribution in [-0.4, -0.2) is 44.8 Å². The van der Waals surface area contributed by atoms with Crippen LogP contribution in [-0.2, 0) is 6.54 Å². The molecule has 192 valence electrons. The van der Waals surface area contributed by atoms with Crippen molar-refractivity contribution in [1.82, 2.24) is 19.7 Å². The minimum Gasteiger partial charge on any atom is -0.362 e. The molecular formula is C33H35N5. The molecule has 4 heterocycles. The van der Waals surface area contributed by atoms with Crippen molar-refractivity contribution in [2.24, 2.45) is 0 Å². The Balaban J connectivity index is 1.08. The second-order valence-electron chi connectivity index (χ2n) is 11.0. The van der Waals surface area contributed by atoms with Crippen molar-refractivity contribution in [2.75, 3.05) is 18.0 Å². The first kappa shape index (κ1) is 23.4. The number of nitrogens with zero attached hydrogens (tertiary/aromatic N) is 5. The number of fused-ring (bicyclic) bond motifs is 5. The quantitative estimate of drug-likeness (QED) is 0.306. The SMILES string of the molecule is Cc1nnc2n1-c1ccccc1N(CCCN1C3CCC1CC(=C(c1ccccc1)c1ccccc1)C3)C2. The lowest BCUT2D eigenvalue weighted by molar-refractivity contribution is 0.165. The Morgan fingerprint density at radius 2 is 1.34 bits per heavy atom. The van der Waals surface area contributed by atoms with Crippen LogP contribution in [0.15, 0.2) is 90.5 Å². The van der Waals surface area contributed by atoms with Gasteiger partial charge < -0.3 is 4.90 Å². The third-order valence-corrected chi connectivity index (χ3v) is 8.75. The number of aryl methyl sites for hydroxylation is 1. The first-order valence-corrected chi connectivity index (χ1v) is 14.1. The van der Waals surface area contributed by atoms with Gasteiger partial charge in [0.05, 0.1) is 17.9 Å². The normalized spacial score (nSPS) is 20.3. The zero-order valence-electron chi connectivity index (χ0n) is 22.1. The summed E-state index contributed by atoms with van der Waals surface area (Å²) in [7, 11) is 0. The average Bonchev–Trinajstić information content (AvgIpc) is 3.44. The highest BCUT2D eigenvalue weighted by Gasteiger charge is 2.39. The molecule has 5 heteroatoms. The fourth-order valence-electron chi connectivity index (χ4n) is 7.10. The van der Waals surface area contributed by atoms with Gasteiger partial charge in [0.15, 0.2) is 5.82 Å². The molecule has 2 atom stereocenters. The summed E-state index contributed by atoms with van der Waals surface area (Å²) >= 11 is 0. The van der Waals surface area contributed by atoms with E-state index in [0.29, 0.717) is 12.1 Å². The van der Waals surface area contributed by atoms with E-state index >= 15 is 0 Å². The Morgan fingerprint density at radius 1 is 0.737 bits per heavy atom. The molecule has 0 saturated carbocycles. The average molecular weight is 502 g/mol. The highest BCUT2D eigenvalue weighted by molar-refractivity contribution is 5.82. The van der Waals surface area contributed by atoms with Crippen LogP contribution >= 0.6 is 0 Å². The van der Waals surface area contributed by atoms with Crippen LogP contribution in [0.1, 0.15) is 54.9 Å². The Labute approximate surface area is 225 Å². The van der Waals surface area contributed by atoms with Gasteiger partial charge in [-0.05, 0) is 67.9 Å². The number of hydrogen-bond acceptors (Lipinski definition) is 4. The molecule has 0 aliphatic carbocycles. The molecule has 0 amide bonds. The number of aromatic nitrogens is 3. The highest BCUT2D eigenvalue weighted by Crippen LogP contribution is 2.43. The topological polar surface area (TPSA) is 37.2 Å². The molecule has 1 aromatic heterocycles. The largest absolute Gasteiger partial charge is 0.362 e. The molecule has 0 radical (unpaired) electrons. The standard InChI is InChI=1S/C33H35N5/c1-24-34-35-32-23-36(30-15-8-9-16-31(30)38(24)32)19-10-20-37-28-17-18-29(37)22-27(21-28)33(25-11-4-2-5-12-25)26-13-6-3-7-14-26/h2-9,11-16,28-29H,10,17-23H2,1H3. The zero-order chi connectivity index (χ0) is 25.5. The van der Waals surface area contributed by atoms with Crippen molar-refractivity contribution in [3.05, 3.63) is 113 Å². The molecular weight excluding hydrogens is 466 g/mol. The molecule has 4 aromatic rings.